The average molecular weight is 322 g/mol. The van der Waals surface area contributed by atoms with Crippen molar-refractivity contribution >= 4 is 34.1 Å². The zero-order chi connectivity index (χ0) is 15.1. The standard InChI is InChI=1S/C16H10Cl2FNO/c1-8-15(9-5-3-2-4-6-9)20-11-7-10(17)14(19)13(18)12(11)16(8)21/h2-7H,1H3,(H,20,21). The number of rotatable bonds is 1. The van der Waals surface area contributed by atoms with Crippen molar-refractivity contribution in [3.8, 4) is 11.3 Å². The van der Waals surface area contributed by atoms with Crippen LogP contribution in [0.3, 0.4) is 0 Å². The van der Waals surface area contributed by atoms with Crippen LogP contribution in [0, 0.1) is 12.7 Å². The van der Waals surface area contributed by atoms with E-state index in [1.807, 2.05) is 30.3 Å². The summed E-state index contributed by atoms with van der Waals surface area (Å²) in [5, 5.41) is -0.247. The van der Waals surface area contributed by atoms with E-state index in [4.69, 9.17) is 23.2 Å². The normalized spacial score (nSPS) is 11.0. The van der Waals surface area contributed by atoms with Crippen LogP contribution in [0.2, 0.25) is 10.0 Å². The van der Waals surface area contributed by atoms with Gasteiger partial charge < -0.3 is 4.98 Å². The lowest BCUT2D eigenvalue weighted by atomic mass is 10.0. The van der Waals surface area contributed by atoms with Gasteiger partial charge in [-0.25, -0.2) is 4.39 Å². The monoisotopic (exact) mass is 321 g/mol. The van der Waals surface area contributed by atoms with Gasteiger partial charge in [0.15, 0.2) is 11.2 Å². The Morgan fingerprint density at radius 2 is 1.81 bits per heavy atom. The minimum atomic E-state index is -0.775. The number of pyridine rings is 1. The maximum Gasteiger partial charge on any atom is 0.194 e. The van der Waals surface area contributed by atoms with Crippen molar-refractivity contribution in [2.24, 2.45) is 0 Å². The topological polar surface area (TPSA) is 32.9 Å². The highest BCUT2D eigenvalue weighted by Gasteiger charge is 2.17. The minimum Gasteiger partial charge on any atom is -0.354 e. The van der Waals surface area contributed by atoms with Gasteiger partial charge in [0.05, 0.1) is 26.6 Å². The van der Waals surface area contributed by atoms with Crippen molar-refractivity contribution in [1.82, 2.24) is 4.98 Å². The third-order valence-electron chi connectivity index (χ3n) is 3.43. The number of hydrogen-bond acceptors (Lipinski definition) is 1. The molecule has 0 spiro atoms. The van der Waals surface area contributed by atoms with E-state index in [-0.39, 0.29) is 20.9 Å². The van der Waals surface area contributed by atoms with Gasteiger partial charge >= 0.3 is 0 Å². The van der Waals surface area contributed by atoms with Crippen molar-refractivity contribution in [1.29, 1.82) is 0 Å². The first-order valence-electron chi connectivity index (χ1n) is 6.26. The van der Waals surface area contributed by atoms with Gasteiger partial charge in [0.2, 0.25) is 0 Å². The number of nitrogens with one attached hydrogen (secondary N) is 1. The molecular formula is C16H10Cl2FNO. The summed E-state index contributed by atoms with van der Waals surface area (Å²) >= 11 is 11.7. The first-order valence-corrected chi connectivity index (χ1v) is 7.02. The largest absolute Gasteiger partial charge is 0.354 e. The smallest absolute Gasteiger partial charge is 0.194 e. The minimum absolute atomic E-state index is 0.119. The molecule has 1 N–H and O–H groups in total. The molecule has 0 saturated heterocycles. The second-order valence-electron chi connectivity index (χ2n) is 4.73. The van der Waals surface area contributed by atoms with E-state index in [2.05, 4.69) is 4.98 Å². The lowest BCUT2D eigenvalue weighted by molar-refractivity contribution is 0.630. The first-order chi connectivity index (χ1) is 10.0. The van der Waals surface area contributed by atoms with Gasteiger partial charge in [-0.3, -0.25) is 4.79 Å². The van der Waals surface area contributed by atoms with Crippen LogP contribution in [0.25, 0.3) is 22.2 Å². The number of aromatic amines is 1. The summed E-state index contributed by atoms with van der Waals surface area (Å²) in [6, 6.07) is 10.8. The fourth-order valence-corrected chi connectivity index (χ4v) is 2.88. The van der Waals surface area contributed by atoms with E-state index in [0.29, 0.717) is 16.8 Å². The molecule has 0 radical (unpaired) electrons. The summed E-state index contributed by atoms with van der Waals surface area (Å²) in [5.41, 5.74) is 2.14. The van der Waals surface area contributed by atoms with E-state index >= 15 is 0 Å². The summed E-state index contributed by atoms with van der Waals surface area (Å²) in [4.78, 5) is 15.6. The summed E-state index contributed by atoms with van der Waals surface area (Å²) in [5.74, 6) is -0.775. The summed E-state index contributed by atoms with van der Waals surface area (Å²) in [6.45, 7) is 1.68. The van der Waals surface area contributed by atoms with Crippen molar-refractivity contribution in [3.63, 3.8) is 0 Å². The molecule has 0 aliphatic heterocycles. The Labute approximate surface area is 130 Å². The molecule has 106 valence electrons. The molecule has 21 heavy (non-hydrogen) atoms. The summed E-state index contributed by atoms with van der Waals surface area (Å²) in [7, 11) is 0. The van der Waals surface area contributed by atoms with Crippen molar-refractivity contribution in [2.75, 3.05) is 0 Å². The van der Waals surface area contributed by atoms with E-state index < -0.39 is 5.82 Å². The van der Waals surface area contributed by atoms with E-state index in [0.717, 1.165) is 5.56 Å². The average Bonchev–Trinajstić information content (AvgIpc) is 2.49. The van der Waals surface area contributed by atoms with Gasteiger partial charge in [-0.1, -0.05) is 53.5 Å². The highest BCUT2D eigenvalue weighted by atomic mass is 35.5. The molecule has 2 nitrogen and oxygen atoms in total. The Bertz CT molecular complexity index is 904. The maximum atomic E-state index is 13.8. The van der Waals surface area contributed by atoms with Crippen LogP contribution < -0.4 is 5.43 Å². The Morgan fingerprint density at radius 1 is 1.14 bits per heavy atom. The van der Waals surface area contributed by atoms with Crippen LogP contribution >= 0.6 is 23.2 Å². The molecule has 1 aromatic heterocycles. The molecule has 1 heterocycles. The van der Waals surface area contributed by atoms with Gasteiger partial charge in [0.25, 0.3) is 0 Å². The Morgan fingerprint density at radius 3 is 2.48 bits per heavy atom. The van der Waals surface area contributed by atoms with Crippen LogP contribution in [0.15, 0.2) is 41.2 Å². The third-order valence-corrected chi connectivity index (χ3v) is 4.06. The molecule has 0 saturated carbocycles. The molecule has 0 amide bonds. The molecule has 0 fully saturated rings. The molecular weight excluding hydrogens is 312 g/mol. The van der Waals surface area contributed by atoms with Crippen molar-refractivity contribution < 1.29 is 4.39 Å². The zero-order valence-corrected chi connectivity index (χ0v) is 12.5. The number of halogens is 3. The number of fused-ring (bicyclic) bond motifs is 1. The molecule has 0 atom stereocenters. The van der Waals surface area contributed by atoms with Crippen LogP contribution in [0.1, 0.15) is 5.56 Å². The zero-order valence-electron chi connectivity index (χ0n) is 11.0. The molecule has 3 rings (SSSR count). The van der Waals surface area contributed by atoms with Crippen LogP contribution in [0.4, 0.5) is 4.39 Å². The fraction of sp³-hybridized carbons (Fsp3) is 0.0625. The van der Waals surface area contributed by atoms with Gasteiger partial charge in [-0.2, -0.15) is 0 Å². The number of benzene rings is 2. The van der Waals surface area contributed by atoms with Gasteiger partial charge in [-0.05, 0) is 18.6 Å². The second-order valence-corrected chi connectivity index (χ2v) is 5.51. The molecule has 0 aliphatic carbocycles. The molecule has 0 bridgehead atoms. The first kappa shape index (κ1) is 14.1. The quantitative estimate of drug-likeness (QED) is 0.632. The highest BCUT2D eigenvalue weighted by Crippen LogP contribution is 2.31. The lowest BCUT2D eigenvalue weighted by Gasteiger charge is -2.10. The molecule has 2 aromatic carbocycles. The molecule has 0 unspecified atom stereocenters. The Hall–Kier alpha value is -1.84. The Balaban J connectivity index is 2.44. The lowest BCUT2D eigenvalue weighted by Crippen LogP contribution is -2.10. The van der Waals surface area contributed by atoms with Crippen molar-refractivity contribution in [2.45, 2.75) is 6.92 Å². The van der Waals surface area contributed by atoms with Crippen LogP contribution in [0.5, 0.6) is 0 Å². The molecule has 0 aliphatic rings. The number of hydrogen-bond donors (Lipinski definition) is 1. The van der Waals surface area contributed by atoms with Gasteiger partial charge in [-0.15, -0.1) is 0 Å². The van der Waals surface area contributed by atoms with Gasteiger partial charge in [0, 0.05) is 5.56 Å². The van der Waals surface area contributed by atoms with Gasteiger partial charge in [0.1, 0.15) is 0 Å². The second kappa shape index (κ2) is 5.17. The summed E-state index contributed by atoms with van der Waals surface area (Å²) in [6.07, 6.45) is 0. The van der Waals surface area contributed by atoms with Crippen LogP contribution in [-0.2, 0) is 0 Å². The number of H-pyrrole nitrogens is 1. The summed E-state index contributed by atoms with van der Waals surface area (Å²) < 4.78 is 13.8. The highest BCUT2D eigenvalue weighted by molar-refractivity contribution is 6.38. The van der Waals surface area contributed by atoms with E-state index in [1.54, 1.807) is 6.92 Å². The number of aromatic nitrogens is 1. The SMILES string of the molecule is Cc1c(-c2ccccc2)[nH]c2cc(Cl)c(F)c(Cl)c2c1=O. The Kier molecular flexibility index (Phi) is 3.47. The van der Waals surface area contributed by atoms with E-state index in [1.165, 1.54) is 6.07 Å². The van der Waals surface area contributed by atoms with Crippen molar-refractivity contribution in [3.05, 3.63) is 68.0 Å². The molecule has 3 aromatic rings. The molecule has 5 heteroatoms. The van der Waals surface area contributed by atoms with Crippen LogP contribution in [-0.4, -0.2) is 4.98 Å². The fourth-order valence-electron chi connectivity index (χ4n) is 2.34. The third kappa shape index (κ3) is 2.23. The predicted molar refractivity (Wildman–Crippen MR) is 84.7 cm³/mol. The van der Waals surface area contributed by atoms with E-state index in [9.17, 15) is 9.18 Å². The predicted octanol–water partition coefficient (Wildman–Crippen LogP) is 4.95. The maximum absolute atomic E-state index is 13.8.